The van der Waals surface area contributed by atoms with Crippen LogP contribution in [-0.2, 0) is 13.0 Å². The molecule has 0 spiro atoms. The van der Waals surface area contributed by atoms with Crippen molar-refractivity contribution in [2.24, 2.45) is 0 Å². The maximum absolute atomic E-state index is 9.18. The van der Waals surface area contributed by atoms with Crippen LogP contribution in [0, 0.1) is 0 Å². The molecule has 2 rings (SSSR count). The Bertz CT molecular complexity index is 642. The van der Waals surface area contributed by atoms with Gasteiger partial charge in [-0.05, 0) is 31.7 Å². The number of benzene rings is 1. The molecule has 1 atom stereocenters. The Morgan fingerprint density at radius 3 is 2.61 bits per heavy atom. The minimum absolute atomic E-state index is 0.0304. The van der Waals surface area contributed by atoms with E-state index in [1.54, 1.807) is 18.9 Å². The van der Waals surface area contributed by atoms with E-state index in [-0.39, 0.29) is 12.6 Å². The van der Waals surface area contributed by atoms with Gasteiger partial charge < -0.3 is 19.9 Å². The van der Waals surface area contributed by atoms with Crippen LogP contribution >= 0.6 is 0 Å². The molecule has 0 saturated carbocycles. The summed E-state index contributed by atoms with van der Waals surface area (Å²) in [4.78, 5) is 4.60. The van der Waals surface area contributed by atoms with Gasteiger partial charge in [0.25, 0.3) is 0 Å². The highest BCUT2D eigenvalue weighted by Crippen LogP contribution is 2.28. The Hall–Kier alpha value is -2.12. The van der Waals surface area contributed by atoms with Gasteiger partial charge in [-0.15, -0.1) is 0 Å². The fourth-order valence-corrected chi connectivity index (χ4v) is 2.36. The van der Waals surface area contributed by atoms with E-state index in [9.17, 15) is 5.11 Å². The zero-order valence-corrected chi connectivity index (χ0v) is 14.0. The smallest absolute Gasteiger partial charge is 0.161 e. The molecule has 7 nitrogen and oxygen atoms in total. The van der Waals surface area contributed by atoms with Crippen LogP contribution in [0.5, 0.6) is 11.5 Å². The van der Waals surface area contributed by atoms with Crippen molar-refractivity contribution >= 4 is 0 Å². The molecular weight excluding hydrogens is 296 g/mol. The lowest BCUT2D eigenvalue weighted by molar-refractivity contribution is 0.265. The first kappa shape index (κ1) is 17.2. The Morgan fingerprint density at radius 2 is 2.00 bits per heavy atom. The van der Waals surface area contributed by atoms with Crippen LogP contribution in [0.25, 0.3) is 0 Å². The van der Waals surface area contributed by atoms with Gasteiger partial charge >= 0.3 is 0 Å². The van der Waals surface area contributed by atoms with Crippen molar-refractivity contribution in [2.75, 3.05) is 27.9 Å². The average Bonchev–Trinajstić information content (AvgIpc) is 2.96. The van der Waals surface area contributed by atoms with E-state index in [1.807, 2.05) is 32.2 Å². The Morgan fingerprint density at radius 1 is 1.26 bits per heavy atom. The van der Waals surface area contributed by atoms with Crippen LogP contribution in [-0.4, -0.2) is 47.7 Å². The highest BCUT2D eigenvalue weighted by Gasteiger charge is 2.15. The van der Waals surface area contributed by atoms with Gasteiger partial charge in [-0.2, -0.15) is 5.10 Å². The summed E-state index contributed by atoms with van der Waals surface area (Å²) in [5.74, 6) is 2.91. The number of hydrogen-bond donors (Lipinski definition) is 2. The predicted molar refractivity (Wildman–Crippen MR) is 86.9 cm³/mol. The summed E-state index contributed by atoms with van der Waals surface area (Å²) >= 11 is 0. The highest BCUT2D eigenvalue weighted by atomic mass is 16.5. The second-order valence-electron chi connectivity index (χ2n) is 5.21. The highest BCUT2D eigenvalue weighted by molar-refractivity contribution is 5.43. The summed E-state index contributed by atoms with van der Waals surface area (Å²) in [5, 5.41) is 16.8. The minimum atomic E-state index is 0.0304. The second-order valence-corrected chi connectivity index (χ2v) is 5.21. The lowest BCUT2D eigenvalue weighted by atomic mass is 10.1. The second kappa shape index (κ2) is 7.94. The number of nitrogens with zero attached hydrogens (tertiary/aromatic N) is 3. The predicted octanol–water partition coefficient (Wildman–Crippen LogP) is 1.16. The molecular formula is C16H24N4O3. The lowest BCUT2D eigenvalue weighted by Gasteiger charge is -2.10. The van der Waals surface area contributed by atoms with Crippen molar-refractivity contribution in [3.63, 3.8) is 0 Å². The van der Waals surface area contributed by atoms with Gasteiger partial charge in [-0.1, -0.05) is 6.07 Å². The van der Waals surface area contributed by atoms with Crippen molar-refractivity contribution in [1.82, 2.24) is 20.1 Å². The third-order valence-corrected chi connectivity index (χ3v) is 3.69. The molecule has 0 unspecified atom stereocenters. The summed E-state index contributed by atoms with van der Waals surface area (Å²) in [7, 11) is 5.10. The van der Waals surface area contributed by atoms with Crippen molar-refractivity contribution in [1.29, 1.82) is 0 Å². The number of aromatic nitrogens is 3. The Labute approximate surface area is 136 Å². The number of ether oxygens (including phenoxy) is 2. The maximum atomic E-state index is 9.18. The molecule has 7 heteroatoms. The number of rotatable bonds is 8. The molecule has 1 heterocycles. The molecule has 2 aromatic rings. The molecule has 2 N–H and O–H groups in total. The van der Waals surface area contributed by atoms with Crippen LogP contribution in [0.1, 0.15) is 30.2 Å². The van der Waals surface area contributed by atoms with Gasteiger partial charge in [0.2, 0.25) is 0 Å². The molecule has 1 aromatic carbocycles. The number of methoxy groups -OCH3 is 2. The van der Waals surface area contributed by atoms with Crippen molar-refractivity contribution in [2.45, 2.75) is 25.9 Å². The van der Waals surface area contributed by atoms with Crippen molar-refractivity contribution in [3.05, 3.63) is 35.4 Å². The number of aliphatic hydroxyl groups excluding tert-OH is 1. The fraction of sp³-hybridized carbons (Fsp3) is 0.500. The summed E-state index contributed by atoms with van der Waals surface area (Å²) in [5.41, 5.74) is 1.03. The topological polar surface area (TPSA) is 81.4 Å². The molecule has 0 aliphatic heterocycles. The number of hydrogen-bond acceptors (Lipinski definition) is 6. The van der Waals surface area contributed by atoms with E-state index in [0.29, 0.717) is 30.3 Å². The van der Waals surface area contributed by atoms with E-state index < -0.39 is 0 Å². The van der Waals surface area contributed by atoms with Crippen LogP contribution in [0.2, 0.25) is 0 Å². The molecule has 0 amide bonds. The SMILES string of the molecule is CN[C@@H](C)c1nc(Cc2ccc(OC)c(OC)c2)nn1CCO. The quantitative estimate of drug-likeness (QED) is 0.759. The molecule has 0 fully saturated rings. The number of nitrogens with one attached hydrogen (secondary N) is 1. The van der Waals surface area contributed by atoms with E-state index in [1.165, 1.54) is 0 Å². The normalized spacial score (nSPS) is 12.2. The molecule has 23 heavy (non-hydrogen) atoms. The first-order valence-corrected chi connectivity index (χ1v) is 7.55. The Balaban J connectivity index is 2.26. The van der Waals surface area contributed by atoms with Crippen LogP contribution in [0.4, 0.5) is 0 Å². The molecule has 0 aliphatic rings. The van der Waals surface area contributed by atoms with Gasteiger partial charge in [0.05, 0.1) is 33.4 Å². The number of aliphatic hydroxyl groups is 1. The third kappa shape index (κ3) is 4.00. The molecule has 0 bridgehead atoms. The summed E-state index contributed by atoms with van der Waals surface area (Å²) in [6.07, 6.45) is 0.586. The third-order valence-electron chi connectivity index (χ3n) is 3.69. The molecule has 0 saturated heterocycles. The standard InChI is InChI=1S/C16H24N4O3/c1-11(17-2)16-18-15(19-20(16)7-8-21)10-12-5-6-13(22-3)14(9-12)23-4/h5-6,9,11,17,21H,7-8,10H2,1-4H3/t11-/m0/s1. The van der Waals surface area contributed by atoms with E-state index in [2.05, 4.69) is 15.4 Å². The van der Waals surface area contributed by atoms with E-state index in [4.69, 9.17) is 9.47 Å². The summed E-state index contributed by atoms with van der Waals surface area (Å²) in [6, 6.07) is 5.83. The molecule has 126 valence electrons. The van der Waals surface area contributed by atoms with E-state index >= 15 is 0 Å². The van der Waals surface area contributed by atoms with Crippen LogP contribution < -0.4 is 14.8 Å². The van der Waals surface area contributed by atoms with Crippen molar-refractivity contribution < 1.29 is 14.6 Å². The lowest BCUT2D eigenvalue weighted by Crippen LogP contribution is -2.19. The summed E-state index contributed by atoms with van der Waals surface area (Å²) in [6.45, 7) is 2.47. The van der Waals surface area contributed by atoms with Gasteiger partial charge in [-0.3, -0.25) is 0 Å². The zero-order chi connectivity index (χ0) is 16.8. The van der Waals surface area contributed by atoms with Gasteiger partial charge in [0.1, 0.15) is 5.82 Å². The maximum Gasteiger partial charge on any atom is 0.161 e. The first-order chi connectivity index (χ1) is 11.1. The van der Waals surface area contributed by atoms with Crippen LogP contribution in [0.3, 0.4) is 0 Å². The van der Waals surface area contributed by atoms with Gasteiger partial charge in [0.15, 0.2) is 17.3 Å². The molecule has 1 aromatic heterocycles. The van der Waals surface area contributed by atoms with Gasteiger partial charge in [-0.25, -0.2) is 9.67 Å². The minimum Gasteiger partial charge on any atom is -0.493 e. The fourth-order valence-electron chi connectivity index (χ4n) is 2.36. The largest absolute Gasteiger partial charge is 0.493 e. The Kier molecular flexibility index (Phi) is 5.95. The zero-order valence-electron chi connectivity index (χ0n) is 14.0. The molecule has 0 aliphatic carbocycles. The van der Waals surface area contributed by atoms with Gasteiger partial charge in [0, 0.05) is 6.42 Å². The van der Waals surface area contributed by atoms with Crippen molar-refractivity contribution in [3.8, 4) is 11.5 Å². The average molecular weight is 320 g/mol. The first-order valence-electron chi connectivity index (χ1n) is 7.55. The summed E-state index contributed by atoms with van der Waals surface area (Å²) < 4.78 is 12.3. The monoisotopic (exact) mass is 320 g/mol. The van der Waals surface area contributed by atoms with E-state index in [0.717, 1.165) is 11.4 Å². The van der Waals surface area contributed by atoms with Crippen LogP contribution in [0.15, 0.2) is 18.2 Å². The molecule has 0 radical (unpaired) electrons.